The van der Waals surface area contributed by atoms with Crippen molar-refractivity contribution in [1.82, 2.24) is 5.16 Å². The summed E-state index contributed by atoms with van der Waals surface area (Å²) in [4.78, 5) is 0.806. The molecule has 0 aromatic carbocycles. The van der Waals surface area contributed by atoms with Gasteiger partial charge in [-0.05, 0) is 6.92 Å². The fourth-order valence-electron chi connectivity index (χ4n) is 0.293. The number of rotatable bonds is 0. The Hall–Kier alpha value is -0.440. The Morgan fingerprint density at radius 1 is 1.86 bits per heavy atom. The van der Waals surface area contributed by atoms with Crippen molar-refractivity contribution < 1.29 is 4.52 Å². The predicted octanol–water partition coefficient (Wildman–Crippen LogP) is 1.27. The molecular formula is C4H5NOS. The van der Waals surface area contributed by atoms with E-state index >= 15 is 0 Å². The molecule has 38 valence electrons. The lowest BCUT2D eigenvalue weighted by molar-refractivity contribution is 0.394. The first-order valence-electron chi connectivity index (χ1n) is 1.91. The third-order valence-electron chi connectivity index (χ3n) is 0.725. The highest BCUT2D eigenvalue weighted by Crippen LogP contribution is 2.08. The van der Waals surface area contributed by atoms with Gasteiger partial charge in [-0.25, -0.2) is 0 Å². The monoisotopic (exact) mass is 115 g/mol. The van der Waals surface area contributed by atoms with Gasteiger partial charge in [-0.15, -0.1) is 12.6 Å². The van der Waals surface area contributed by atoms with Crippen molar-refractivity contribution in [1.29, 1.82) is 0 Å². The second-order valence-corrected chi connectivity index (χ2v) is 1.75. The predicted molar refractivity (Wildman–Crippen MR) is 28.5 cm³/mol. The van der Waals surface area contributed by atoms with Crippen LogP contribution in [0.2, 0.25) is 0 Å². The van der Waals surface area contributed by atoms with E-state index < -0.39 is 0 Å². The van der Waals surface area contributed by atoms with E-state index in [1.807, 2.05) is 6.92 Å². The molecule has 0 saturated carbocycles. The highest BCUT2D eigenvalue weighted by molar-refractivity contribution is 7.80. The normalized spacial score (nSPS) is 9.43. The van der Waals surface area contributed by atoms with Crippen LogP contribution in [0.4, 0.5) is 0 Å². The summed E-state index contributed by atoms with van der Waals surface area (Å²) in [5.41, 5.74) is 0. The highest BCUT2D eigenvalue weighted by atomic mass is 32.1. The Bertz CT molecular complexity index is 144. The van der Waals surface area contributed by atoms with E-state index in [-0.39, 0.29) is 0 Å². The van der Waals surface area contributed by atoms with Crippen LogP contribution < -0.4 is 0 Å². The lowest BCUT2D eigenvalue weighted by Gasteiger charge is -1.74. The molecule has 0 N–H and O–H groups in total. The minimum Gasteiger partial charge on any atom is -0.361 e. The van der Waals surface area contributed by atoms with E-state index in [0.29, 0.717) is 0 Å². The SMILES string of the molecule is Cc1oncc1S. The zero-order chi connectivity index (χ0) is 5.28. The second-order valence-electron chi connectivity index (χ2n) is 1.27. The molecule has 1 rings (SSSR count). The second kappa shape index (κ2) is 1.58. The Labute approximate surface area is 46.9 Å². The number of hydrogen-bond donors (Lipinski definition) is 1. The van der Waals surface area contributed by atoms with Crippen LogP contribution in [0, 0.1) is 6.92 Å². The summed E-state index contributed by atoms with van der Waals surface area (Å²) in [6, 6.07) is 0. The summed E-state index contributed by atoms with van der Waals surface area (Å²) >= 11 is 3.99. The molecule has 0 spiro atoms. The maximum absolute atomic E-state index is 4.64. The van der Waals surface area contributed by atoms with Gasteiger partial charge in [-0.3, -0.25) is 0 Å². The smallest absolute Gasteiger partial charge is 0.146 e. The number of thiol groups is 1. The molecule has 0 aliphatic heterocycles. The van der Waals surface area contributed by atoms with Crippen LogP contribution in [0.1, 0.15) is 5.76 Å². The van der Waals surface area contributed by atoms with E-state index in [1.165, 1.54) is 0 Å². The average Bonchev–Trinajstić information content (AvgIpc) is 1.91. The van der Waals surface area contributed by atoms with Crippen LogP contribution in [0.15, 0.2) is 15.6 Å². The van der Waals surface area contributed by atoms with Gasteiger partial charge in [0, 0.05) is 0 Å². The van der Waals surface area contributed by atoms with Crippen LogP contribution >= 0.6 is 12.6 Å². The standard InChI is InChI=1S/C4H5NOS/c1-3-4(7)2-5-6-3/h2,7H,1H3. The van der Waals surface area contributed by atoms with Crippen molar-refractivity contribution in [2.75, 3.05) is 0 Å². The van der Waals surface area contributed by atoms with Crippen molar-refractivity contribution >= 4 is 12.6 Å². The molecule has 0 radical (unpaired) electrons. The largest absolute Gasteiger partial charge is 0.361 e. The molecule has 0 saturated heterocycles. The van der Waals surface area contributed by atoms with E-state index in [0.717, 1.165) is 10.7 Å². The van der Waals surface area contributed by atoms with Crippen LogP contribution in [-0.2, 0) is 0 Å². The summed E-state index contributed by atoms with van der Waals surface area (Å²) in [7, 11) is 0. The van der Waals surface area contributed by atoms with Crippen LogP contribution in [0.25, 0.3) is 0 Å². The Balaban J connectivity index is 3.12. The fraction of sp³-hybridized carbons (Fsp3) is 0.250. The van der Waals surface area contributed by atoms with Crippen molar-refractivity contribution in [2.45, 2.75) is 11.8 Å². The van der Waals surface area contributed by atoms with Gasteiger partial charge in [-0.2, -0.15) is 0 Å². The van der Waals surface area contributed by atoms with Gasteiger partial charge in [0.15, 0.2) is 0 Å². The van der Waals surface area contributed by atoms with E-state index in [1.54, 1.807) is 6.20 Å². The topological polar surface area (TPSA) is 26.0 Å². The van der Waals surface area contributed by atoms with Gasteiger partial charge in [0.2, 0.25) is 0 Å². The lowest BCUT2D eigenvalue weighted by Crippen LogP contribution is -1.57. The molecular weight excluding hydrogens is 110 g/mol. The molecule has 1 aromatic rings. The maximum Gasteiger partial charge on any atom is 0.146 e. The van der Waals surface area contributed by atoms with Gasteiger partial charge in [0.25, 0.3) is 0 Å². The van der Waals surface area contributed by atoms with Gasteiger partial charge < -0.3 is 4.52 Å². The van der Waals surface area contributed by atoms with Crippen molar-refractivity contribution in [3.8, 4) is 0 Å². The zero-order valence-electron chi connectivity index (χ0n) is 3.88. The van der Waals surface area contributed by atoms with E-state index in [4.69, 9.17) is 0 Å². The Kier molecular flexibility index (Phi) is 1.06. The molecule has 0 aliphatic carbocycles. The quantitative estimate of drug-likeness (QED) is 0.515. The molecule has 1 heterocycles. The van der Waals surface area contributed by atoms with Crippen molar-refractivity contribution in [3.05, 3.63) is 12.0 Å². The first kappa shape index (κ1) is 4.71. The van der Waals surface area contributed by atoms with E-state index in [2.05, 4.69) is 22.3 Å². The summed E-state index contributed by atoms with van der Waals surface area (Å²) in [5, 5.41) is 3.47. The van der Waals surface area contributed by atoms with Crippen molar-refractivity contribution in [2.24, 2.45) is 0 Å². The molecule has 2 nitrogen and oxygen atoms in total. The Morgan fingerprint density at radius 2 is 2.57 bits per heavy atom. The molecule has 3 heteroatoms. The summed E-state index contributed by atoms with van der Waals surface area (Å²) in [5.74, 6) is 0.767. The minimum atomic E-state index is 0.767. The fourth-order valence-corrected chi connectivity index (χ4v) is 0.381. The van der Waals surface area contributed by atoms with Crippen LogP contribution in [0.5, 0.6) is 0 Å². The Morgan fingerprint density at radius 3 is 2.71 bits per heavy atom. The van der Waals surface area contributed by atoms with Crippen molar-refractivity contribution in [3.63, 3.8) is 0 Å². The molecule has 7 heavy (non-hydrogen) atoms. The maximum atomic E-state index is 4.64. The number of aromatic nitrogens is 1. The lowest BCUT2D eigenvalue weighted by atomic mass is 10.5. The molecule has 1 aromatic heterocycles. The third kappa shape index (κ3) is 0.771. The number of aryl methyl sites for hydroxylation is 1. The summed E-state index contributed by atoms with van der Waals surface area (Å²) in [6.07, 6.45) is 1.57. The molecule has 0 bridgehead atoms. The highest BCUT2D eigenvalue weighted by Gasteiger charge is 1.92. The number of nitrogens with zero attached hydrogens (tertiary/aromatic N) is 1. The van der Waals surface area contributed by atoms with E-state index in [9.17, 15) is 0 Å². The summed E-state index contributed by atoms with van der Waals surface area (Å²) in [6.45, 7) is 1.81. The molecule has 0 fully saturated rings. The first-order valence-corrected chi connectivity index (χ1v) is 2.35. The molecule has 0 atom stereocenters. The zero-order valence-corrected chi connectivity index (χ0v) is 4.77. The number of hydrogen-bond acceptors (Lipinski definition) is 3. The van der Waals surface area contributed by atoms with Crippen LogP contribution in [-0.4, -0.2) is 5.16 Å². The minimum absolute atomic E-state index is 0.767. The summed E-state index contributed by atoms with van der Waals surface area (Å²) < 4.78 is 4.64. The molecule has 0 aliphatic rings. The molecule has 0 unspecified atom stereocenters. The molecule has 0 amide bonds. The van der Waals surface area contributed by atoms with Crippen LogP contribution in [0.3, 0.4) is 0 Å². The third-order valence-corrected chi connectivity index (χ3v) is 1.16. The first-order chi connectivity index (χ1) is 3.30. The van der Waals surface area contributed by atoms with Gasteiger partial charge in [0.05, 0.1) is 11.1 Å². The van der Waals surface area contributed by atoms with Gasteiger partial charge in [0.1, 0.15) is 5.76 Å². The average molecular weight is 115 g/mol. The van der Waals surface area contributed by atoms with Gasteiger partial charge >= 0.3 is 0 Å². The van der Waals surface area contributed by atoms with Gasteiger partial charge in [-0.1, -0.05) is 5.16 Å².